The number of amides is 2. The molecule has 42 heavy (non-hydrogen) atoms. The number of carbonyl (C=O) groups is 2. The van der Waals surface area contributed by atoms with E-state index in [4.69, 9.17) is 16.3 Å². The van der Waals surface area contributed by atoms with Crippen LogP contribution in [0, 0.1) is 5.82 Å². The number of benzene rings is 2. The summed E-state index contributed by atoms with van der Waals surface area (Å²) < 4.78 is 21.5. The molecule has 0 saturated heterocycles. The third-order valence-corrected chi connectivity index (χ3v) is 8.00. The summed E-state index contributed by atoms with van der Waals surface area (Å²) in [6.45, 7) is 3.25. The first-order chi connectivity index (χ1) is 20.4. The molecule has 5 rings (SSSR count). The van der Waals surface area contributed by atoms with Crippen LogP contribution in [0.5, 0.6) is 0 Å². The van der Waals surface area contributed by atoms with Gasteiger partial charge in [0.15, 0.2) is 0 Å². The number of fused-ring (bicyclic) bond motifs is 2. The molecule has 0 radical (unpaired) electrons. The standard InChI is InChI=1S/C30H33ClFN7O3/c1-37(28(40)12-11-21-8-4-10-25(32)29(21)31)24(9-5-13-38-14-15-39-20-34-36-27(39)18-38)19-42-30(41)35-26-16-22-6-2-3-7-23(22)17-33-26/h2-4,6-8,10,16-17,20,24H,5,9,11-15,18-19H2,1H3,(H,33,35,41)/t24-/m0/s1. The highest BCUT2D eigenvalue weighted by Crippen LogP contribution is 2.22. The van der Waals surface area contributed by atoms with Gasteiger partial charge in [-0.05, 0) is 48.9 Å². The molecule has 2 amide bonds. The van der Waals surface area contributed by atoms with Crippen molar-refractivity contribution in [2.75, 3.05) is 32.1 Å². The van der Waals surface area contributed by atoms with E-state index in [1.165, 1.54) is 6.07 Å². The Morgan fingerprint density at radius 2 is 2.00 bits per heavy atom. The first-order valence-corrected chi connectivity index (χ1v) is 14.3. The van der Waals surface area contributed by atoms with Gasteiger partial charge in [0.1, 0.15) is 30.4 Å². The lowest BCUT2D eigenvalue weighted by atomic mass is 10.1. The molecule has 1 aliphatic rings. The Morgan fingerprint density at radius 3 is 2.86 bits per heavy atom. The van der Waals surface area contributed by atoms with Gasteiger partial charge in [0.25, 0.3) is 0 Å². The van der Waals surface area contributed by atoms with Crippen LogP contribution < -0.4 is 5.32 Å². The van der Waals surface area contributed by atoms with Crippen molar-refractivity contribution < 1.29 is 18.7 Å². The van der Waals surface area contributed by atoms with Gasteiger partial charge in [-0.3, -0.25) is 15.0 Å². The number of pyridine rings is 1. The molecule has 10 nitrogen and oxygen atoms in total. The topological polar surface area (TPSA) is 105 Å². The zero-order chi connectivity index (χ0) is 29.5. The Kier molecular flexibility index (Phi) is 9.60. The number of aryl methyl sites for hydroxylation is 1. The lowest BCUT2D eigenvalue weighted by Crippen LogP contribution is -2.42. The number of nitrogens with zero attached hydrogens (tertiary/aromatic N) is 6. The van der Waals surface area contributed by atoms with Gasteiger partial charge in [-0.2, -0.15) is 0 Å². The van der Waals surface area contributed by atoms with Crippen molar-refractivity contribution in [3.63, 3.8) is 0 Å². The third-order valence-electron chi connectivity index (χ3n) is 7.58. The van der Waals surface area contributed by atoms with Crippen LogP contribution in [-0.4, -0.2) is 74.3 Å². The molecule has 0 saturated carbocycles. The molecule has 3 heterocycles. The fourth-order valence-corrected chi connectivity index (χ4v) is 5.29. The summed E-state index contributed by atoms with van der Waals surface area (Å²) in [7, 11) is 1.70. The Balaban J connectivity index is 1.18. The summed E-state index contributed by atoms with van der Waals surface area (Å²) in [4.78, 5) is 34.1. The molecular weight excluding hydrogens is 561 g/mol. The molecule has 0 fully saturated rings. The Hall–Kier alpha value is -4.09. The Labute approximate surface area is 248 Å². The number of carbonyl (C=O) groups excluding carboxylic acids is 2. The first kappa shape index (κ1) is 29.4. The number of aromatic nitrogens is 4. The van der Waals surface area contributed by atoms with Gasteiger partial charge in [0, 0.05) is 38.1 Å². The smallest absolute Gasteiger partial charge is 0.412 e. The quantitative estimate of drug-likeness (QED) is 0.263. The van der Waals surface area contributed by atoms with E-state index in [1.54, 1.807) is 42.7 Å². The summed E-state index contributed by atoms with van der Waals surface area (Å²) in [6, 6.07) is 13.7. The van der Waals surface area contributed by atoms with Gasteiger partial charge >= 0.3 is 6.09 Å². The van der Waals surface area contributed by atoms with Crippen molar-refractivity contribution in [2.45, 2.75) is 44.8 Å². The second-order valence-corrected chi connectivity index (χ2v) is 10.7. The van der Waals surface area contributed by atoms with E-state index in [1.807, 2.05) is 28.8 Å². The summed E-state index contributed by atoms with van der Waals surface area (Å²) in [5.41, 5.74) is 0.575. The Morgan fingerprint density at radius 1 is 1.17 bits per heavy atom. The molecule has 0 unspecified atom stereocenters. The van der Waals surface area contributed by atoms with E-state index in [0.717, 1.165) is 42.7 Å². The molecule has 0 bridgehead atoms. The monoisotopic (exact) mass is 593 g/mol. The van der Waals surface area contributed by atoms with Gasteiger partial charge < -0.3 is 14.2 Å². The van der Waals surface area contributed by atoms with Crippen LogP contribution >= 0.6 is 11.6 Å². The van der Waals surface area contributed by atoms with E-state index in [2.05, 4.69) is 25.4 Å². The van der Waals surface area contributed by atoms with Crippen LogP contribution in [0.25, 0.3) is 10.8 Å². The molecule has 0 aliphatic carbocycles. The van der Waals surface area contributed by atoms with Gasteiger partial charge in [0.05, 0.1) is 17.6 Å². The molecule has 4 aromatic rings. The highest BCUT2D eigenvalue weighted by Gasteiger charge is 2.24. The minimum absolute atomic E-state index is 0.0106. The van der Waals surface area contributed by atoms with Crippen molar-refractivity contribution in [1.29, 1.82) is 0 Å². The van der Waals surface area contributed by atoms with Crippen molar-refractivity contribution in [1.82, 2.24) is 29.5 Å². The predicted octanol–water partition coefficient (Wildman–Crippen LogP) is 4.92. The lowest BCUT2D eigenvalue weighted by Gasteiger charge is -2.30. The number of nitrogens with one attached hydrogen (secondary N) is 1. The summed E-state index contributed by atoms with van der Waals surface area (Å²) >= 11 is 6.08. The third kappa shape index (κ3) is 7.40. The number of halogens is 2. The van der Waals surface area contributed by atoms with Crippen LogP contribution in [0.4, 0.5) is 15.0 Å². The molecule has 12 heteroatoms. The SMILES string of the molecule is CN(C(=O)CCc1cccc(F)c1Cl)[C@@H](CCCN1CCn2cnnc2C1)COC(=O)Nc1cc2ccccc2cn1. The largest absolute Gasteiger partial charge is 0.447 e. The summed E-state index contributed by atoms with van der Waals surface area (Å²) in [6.07, 6.45) is 4.63. The number of rotatable bonds is 11. The van der Waals surface area contributed by atoms with E-state index in [0.29, 0.717) is 30.8 Å². The van der Waals surface area contributed by atoms with E-state index >= 15 is 0 Å². The highest BCUT2D eigenvalue weighted by molar-refractivity contribution is 6.31. The molecule has 2 aromatic heterocycles. The zero-order valence-electron chi connectivity index (χ0n) is 23.4. The van der Waals surface area contributed by atoms with E-state index < -0.39 is 11.9 Å². The number of hydrogen-bond acceptors (Lipinski definition) is 7. The van der Waals surface area contributed by atoms with Crippen LogP contribution in [0.15, 0.2) is 61.1 Å². The maximum absolute atomic E-state index is 13.9. The number of anilines is 1. The van der Waals surface area contributed by atoms with Crippen LogP contribution in [0.1, 0.15) is 30.7 Å². The van der Waals surface area contributed by atoms with E-state index in [-0.39, 0.29) is 30.0 Å². The Bertz CT molecular complexity index is 1550. The molecule has 1 aliphatic heterocycles. The number of hydrogen-bond donors (Lipinski definition) is 1. The molecular formula is C30H33ClFN7O3. The maximum Gasteiger partial charge on any atom is 0.412 e. The fourth-order valence-electron chi connectivity index (χ4n) is 5.07. The zero-order valence-corrected chi connectivity index (χ0v) is 24.1. The molecule has 2 aromatic carbocycles. The van der Waals surface area contributed by atoms with Gasteiger partial charge in [-0.25, -0.2) is 14.2 Å². The molecule has 220 valence electrons. The first-order valence-electron chi connectivity index (χ1n) is 13.9. The average Bonchev–Trinajstić information content (AvgIpc) is 3.47. The maximum atomic E-state index is 13.9. The number of likely N-dealkylation sites (N-methyl/N-ethyl adjacent to an activating group) is 1. The predicted molar refractivity (Wildman–Crippen MR) is 158 cm³/mol. The minimum Gasteiger partial charge on any atom is -0.447 e. The molecule has 1 atom stereocenters. The van der Waals surface area contributed by atoms with Gasteiger partial charge in [0.2, 0.25) is 5.91 Å². The number of ether oxygens (including phenoxy) is 1. The summed E-state index contributed by atoms with van der Waals surface area (Å²) in [5, 5.41) is 12.8. The van der Waals surface area contributed by atoms with Crippen LogP contribution in [0.3, 0.4) is 0 Å². The van der Waals surface area contributed by atoms with Crippen molar-refractivity contribution in [3.8, 4) is 0 Å². The molecule has 0 spiro atoms. The second kappa shape index (κ2) is 13.7. The fraction of sp³-hybridized carbons (Fsp3) is 0.367. The summed E-state index contributed by atoms with van der Waals surface area (Å²) in [5.74, 6) is 0.656. The van der Waals surface area contributed by atoms with E-state index in [9.17, 15) is 14.0 Å². The normalized spacial score (nSPS) is 13.9. The molecule has 1 N–H and O–H groups in total. The average molecular weight is 594 g/mol. The van der Waals surface area contributed by atoms with Crippen molar-refractivity contribution in [2.24, 2.45) is 0 Å². The highest BCUT2D eigenvalue weighted by atomic mass is 35.5. The van der Waals surface area contributed by atoms with Gasteiger partial charge in [-0.1, -0.05) is 48.0 Å². The van der Waals surface area contributed by atoms with Crippen LogP contribution in [0.2, 0.25) is 5.02 Å². The minimum atomic E-state index is -0.648. The van der Waals surface area contributed by atoms with Crippen molar-refractivity contribution in [3.05, 3.63) is 83.3 Å². The second-order valence-electron chi connectivity index (χ2n) is 10.4. The van der Waals surface area contributed by atoms with Gasteiger partial charge in [-0.15, -0.1) is 10.2 Å². The van der Waals surface area contributed by atoms with Crippen molar-refractivity contribution >= 4 is 40.2 Å². The lowest BCUT2D eigenvalue weighted by molar-refractivity contribution is -0.133. The van der Waals surface area contributed by atoms with Crippen LogP contribution in [-0.2, 0) is 29.0 Å².